The molecule has 4 nitrogen and oxygen atoms in total. The molecule has 0 bridgehead atoms. The van der Waals surface area contributed by atoms with Crippen LogP contribution in [0.2, 0.25) is 0 Å². The fraction of sp³-hybridized carbons (Fsp3) is 0.611. The molecule has 132 valence electrons. The molecular formula is C18H26BFO4. The van der Waals surface area contributed by atoms with Crippen molar-refractivity contribution in [1.82, 2.24) is 0 Å². The van der Waals surface area contributed by atoms with Crippen molar-refractivity contribution < 1.29 is 23.2 Å². The monoisotopic (exact) mass is 336 g/mol. The summed E-state index contributed by atoms with van der Waals surface area (Å²) in [4.78, 5) is 12.0. The molecule has 0 amide bonds. The Morgan fingerprint density at radius 3 is 2.21 bits per heavy atom. The molecule has 1 heterocycles. The summed E-state index contributed by atoms with van der Waals surface area (Å²) in [6, 6.07) is 4.90. The molecule has 0 N–H and O–H groups in total. The molecule has 2 rings (SSSR count). The largest absolute Gasteiger partial charge is 0.497 e. The normalized spacial score (nSPS) is 19.4. The van der Waals surface area contributed by atoms with Gasteiger partial charge in [-0.3, -0.25) is 4.79 Å². The Hall–Kier alpha value is -1.40. The van der Waals surface area contributed by atoms with E-state index in [1.54, 1.807) is 39.0 Å². The lowest BCUT2D eigenvalue weighted by molar-refractivity contribution is -0.153. The Morgan fingerprint density at radius 2 is 1.71 bits per heavy atom. The van der Waals surface area contributed by atoms with Crippen LogP contribution in [0.1, 0.15) is 54.0 Å². The Morgan fingerprint density at radius 1 is 1.17 bits per heavy atom. The van der Waals surface area contributed by atoms with E-state index in [9.17, 15) is 9.18 Å². The molecule has 6 heteroatoms. The van der Waals surface area contributed by atoms with Gasteiger partial charge in [-0.2, -0.15) is 0 Å². The molecule has 0 atom stereocenters. The lowest BCUT2D eigenvalue weighted by atomic mass is 9.77. The number of hydrogen-bond acceptors (Lipinski definition) is 4. The third-order valence-corrected chi connectivity index (χ3v) is 4.37. The van der Waals surface area contributed by atoms with Gasteiger partial charge >= 0.3 is 13.1 Å². The van der Waals surface area contributed by atoms with Crippen molar-refractivity contribution in [2.45, 2.75) is 71.7 Å². The zero-order chi connectivity index (χ0) is 18.3. The molecule has 0 aromatic heterocycles. The van der Waals surface area contributed by atoms with Gasteiger partial charge in [0, 0.05) is 5.46 Å². The second-order valence-electron chi connectivity index (χ2n) is 8.17. The predicted octanol–water partition coefficient (Wildman–Crippen LogP) is 3.01. The minimum atomic E-state index is -0.798. The summed E-state index contributed by atoms with van der Waals surface area (Å²) in [5.74, 6) is -0.950. The van der Waals surface area contributed by atoms with Gasteiger partial charge in [0.25, 0.3) is 0 Å². The van der Waals surface area contributed by atoms with Crippen molar-refractivity contribution in [3.05, 3.63) is 29.6 Å². The number of ether oxygens (including phenoxy) is 1. The molecule has 24 heavy (non-hydrogen) atoms. The molecule has 1 aliphatic rings. The summed E-state index contributed by atoms with van der Waals surface area (Å²) in [5, 5.41) is 0. The second-order valence-corrected chi connectivity index (χ2v) is 8.17. The average Bonchev–Trinajstić information content (AvgIpc) is 2.58. The number of hydrogen-bond donors (Lipinski definition) is 0. The molecule has 0 spiro atoms. The number of esters is 1. The first-order valence-corrected chi connectivity index (χ1v) is 8.17. The summed E-state index contributed by atoms with van der Waals surface area (Å²) >= 11 is 0. The number of benzene rings is 1. The summed E-state index contributed by atoms with van der Waals surface area (Å²) in [6.07, 6.45) is -0.129. The zero-order valence-corrected chi connectivity index (χ0v) is 15.5. The van der Waals surface area contributed by atoms with Crippen LogP contribution in [0.3, 0.4) is 0 Å². The van der Waals surface area contributed by atoms with Crippen molar-refractivity contribution in [1.29, 1.82) is 0 Å². The van der Waals surface area contributed by atoms with Crippen LogP contribution in [0, 0.1) is 5.82 Å². The van der Waals surface area contributed by atoms with Crippen LogP contribution in [0.5, 0.6) is 0 Å². The lowest BCUT2D eigenvalue weighted by Gasteiger charge is -2.32. The molecule has 0 unspecified atom stereocenters. The first-order valence-electron chi connectivity index (χ1n) is 8.17. The third-order valence-electron chi connectivity index (χ3n) is 4.37. The van der Waals surface area contributed by atoms with Gasteiger partial charge in [-0.15, -0.1) is 0 Å². The molecule has 0 saturated carbocycles. The van der Waals surface area contributed by atoms with Gasteiger partial charge in [0.15, 0.2) is 0 Å². The molecule has 1 fully saturated rings. The van der Waals surface area contributed by atoms with Crippen LogP contribution in [0.15, 0.2) is 18.2 Å². The van der Waals surface area contributed by atoms with E-state index in [-0.39, 0.29) is 12.0 Å². The summed E-state index contributed by atoms with van der Waals surface area (Å²) < 4.78 is 31.9. The molecule has 0 aliphatic carbocycles. The molecule has 1 aromatic carbocycles. The Balaban J connectivity index is 2.22. The van der Waals surface area contributed by atoms with E-state index in [1.807, 2.05) is 27.7 Å². The van der Waals surface area contributed by atoms with Crippen LogP contribution >= 0.6 is 0 Å². The number of carbonyl (C=O) groups excluding carboxylic acids is 1. The van der Waals surface area contributed by atoms with Gasteiger partial charge < -0.3 is 14.0 Å². The van der Waals surface area contributed by atoms with E-state index in [1.165, 1.54) is 0 Å². The Kier molecular flexibility index (Phi) is 4.86. The van der Waals surface area contributed by atoms with Gasteiger partial charge in [0.1, 0.15) is 11.4 Å². The van der Waals surface area contributed by atoms with Gasteiger partial charge in [-0.1, -0.05) is 18.2 Å². The van der Waals surface area contributed by atoms with E-state index < -0.39 is 35.7 Å². The quantitative estimate of drug-likeness (QED) is 0.629. The van der Waals surface area contributed by atoms with Crippen molar-refractivity contribution in [3.8, 4) is 0 Å². The van der Waals surface area contributed by atoms with Gasteiger partial charge in [0.05, 0.1) is 17.6 Å². The second kappa shape index (κ2) is 6.15. The highest BCUT2D eigenvalue weighted by Crippen LogP contribution is 2.36. The molecule has 1 aliphatic heterocycles. The van der Waals surface area contributed by atoms with E-state index >= 15 is 0 Å². The smallest absolute Gasteiger partial charge is 0.460 e. The number of rotatable bonds is 3. The molecule has 1 saturated heterocycles. The highest BCUT2D eigenvalue weighted by atomic mass is 19.1. The van der Waals surface area contributed by atoms with E-state index in [2.05, 4.69) is 0 Å². The van der Waals surface area contributed by atoms with Gasteiger partial charge in [-0.25, -0.2) is 4.39 Å². The summed E-state index contributed by atoms with van der Waals surface area (Å²) in [6.45, 7) is 13.0. The predicted molar refractivity (Wildman–Crippen MR) is 91.7 cm³/mol. The summed E-state index contributed by atoms with van der Waals surface area (Å²) in [5.41, 5.74) is -1.13. The number of carbonyl (C=O) groups is 1. The van der Waals surface area contributed by atoms with Crippen molar-refractivity contribution >= 4 is 18.6 Å². The zero-order valence-electron chi connectivity index (χ0n) is 15.5. The highest BCUT2D eigenvalue weighted by Gasteiger charge is 2.52. The molecule has 0 radical (unpaired) electrons. The fourth-order valence-corrected chi connectivity index (χ4v) is 2.42. The number of halogens is 1. The summed E-state index contributed by atoms with van der Waals surface area (Å²) in [7, 11) is -0.798. The first kappa shape index (κ1) is 18.9. The minimum Gasteiger partial charge on any atom is -0.460 e. The highest BCUT2D eigenvalue weighted by molar-refractivity contribution is 6.62. The standard InChI is InChI=1S/C18H26BFO4/c1-16(2,3)22-14(21)11-12-9-8-10-13(15(12)20)19-23-17(4,5)18(6,7)24-19/h8-10H,11H2,1-7H3. The molecular weight excluding hydrogens is 310 g/mol. The van der Waals surface area contributed by atoms with Crippen LogP contribution in [-0.4, -0.2) is 29.9 Å². The SMILES string of the molecule is CC(C)(C)OC(=O)Cc1cccc(B2OC(C)(C)C(C)(C)O2)c1F. The lowest BCUT2D eigenvalue weighted by Crippen LogP contribution is -2.41. The Labute approximate surface area is 143 Å². The average molecular weight is 336 g/mol. The minimum absolute atomic E-state index is 0.129. The molecule has 1 aromatic rings. The Bertz CT molecular complexity index is 618. The third kappa shape index (κ3) is 3.98. The van der Waals surface area contributed by atoms with Crippen LogP contribution in [0.25, 0.3) is 0 Å². The maximum Gasteiger partial charge on any atom is 0.497 e. The topological polar surface area (TPSA) is 44.8 Å². The van der Waals surface area contributed by atoms with E-state index in [0.29, 0.717) is 5.46 Å². The first-order chi connectivity index (χ1) is 10.8. The van der Waals surface area contributed by atoms with Crippen molar-refractivity contribution in [2.75, 3.05) is 0 Å². The fourth-order valence-electron chi connectivity index (χ4n) is 2.42. The van der Waals surface area contributed by atoms with Crippen molar-refractivity contribution in [3.63, 3.8) is 0 Å². The van der Waals surface area contributed by atoms with Crippen molar-refractivity contribution in [2.24, 2.45) is 0 Å². The van der Waals surface area contributed by atoms with Crippen LogP contribution < -0.4 is 5.46 Å². The van der Waals surface area contributed by atoms with E-state index in [4.69, 9.17) is 14.0 Å². The maximum absolute atomic E-state index is 14.9. The van der Waals surface area contributed by atoms with Crippen LogP contribution in [-0.2, 0) is 25.3 Å². The maximum atomic E-state index is 14.9. The van der Waals surface area contributed by atoms with Gasteiger partial charge in [-0.05, 0) is 54.0 Å². The van der Waals surface area contributed by atoms with Crippen LogP contribution in [0.4, 0.5) is 4.39 Å². The van der Waals surface area contributed by atoms with Gasteiger partial charge in [0.2, 0.25) is 0 Å². The van der Waals surface area contributed by atoms with E-state index in [0.717, 1.165) is 0 Å².